The van der Waals surface area contributed by atoms with Crippen LogP contribution in [0.2, 0.25) is 0 Å². The van der Waals surface area contributed by atoms with Crippen LogP contribution in [0.5, 0.6) is 5.88 Å². The first kappa shape index (κ1) is 8.63. The molecule has 0 unspecified atom stereocenters. The monoisotopic (exact) mass is 271 g/mol. The Morgan fingerprint density at radius 2 is 2.27 bits per heavy atom. The second-order valence-corrected chi connectivity index (χ2v) is 2.70. The van der Waals surface area contributed by atoms with E-state index in [4.69, 9.17) is 0 Å². The Bertz CT molecular complexity index is 256. The third-order valence-corrected chi connectivity index (χ3v) is 1.74. The molecule has 1 rings (SSSR count). The van der Waals surface area contributed by atoms with Crippen molar-refractivity contribution in [2.75, 3.05) is 6.86 Å². The lowest BCUT2D eigenvalue weighted by molar-refractivity contribution is 0.184. The van der Waals surface area contributed by atoms with Crippen molar-refractivity contribution in [1.29, 1.82) is 0 Å². The average molecular weight is 271 g/mol. The Hall–Kier alpha value is -0.460. The molecule has 1 aromatic heterocycles. The Morgan fingerprint density at radius 1 is 1.55 bits per heavy atom. The van der Waals surface area contributed by atoms with Gasteiger partial charge in [-0.2, -0.15) is 0 Å². The molecule has 0 aliphatic rings. The largest absolute Gasteiger partial charge is 0.446 e. The first-order chi connectivity index (χ1) is 5.24. The summed E-state index contributed by atoms with van der Waals surface area (Å²) in [7, 11) is 0. The number of nitrogens with zero attached hydrogens (tertiary/aromatic N) is 1. The maximum absolute atomic E-state index is 12.5. The lowest BCUT2D eigenvalue weighted by atomic mass is 10.5. The smallest absolute Gasteiger partial charge is 0.230 e. The summed E-state index contributed by atoms with van der Waals surface area (Å²) in [6, 6.07) is 2.46. The van der Waals surface area contributed by atoms with Crippen molar-refractivity contribution in [2.45, 2.75) is 0 Å². The van der Waals surface area contributed by atoms with E-state index >= 15 is 0 Å². The van der Waals surface area contributed by atoms with E-state index in [-0.39, 0.29) is 9.58 Å². The molecule has 0 aliphatic heterocycles. The Kier molecular flexibility index (Phi) is 2.98. The highest BCUT2D eigenvalue weighted by Gasteiger charge is 2.01. The number of alkyl halides is 1. The fourth-order valence-corrected chi connectivity index (χ4v) is 0.954. The van der Waals surface area contributed by atoms with E-state index in [1.54, 1.807) is 22.6 Å². The molecule has 0 aromatic carbocycles. The lowest BCUT2D eigenvalue weighted by Crippen LogP contribution is -1.95. The highest BCUT2D eigenvalue weighted by atomic mass is 127. The molecule has 2 nitrogen and oxygen atoms in total. The number of halogens is 3. The fourth-order valence-electron chi connectivity index (χ4n) is 0.537. The van der Waals surface area contributed by atoms with Gasteiger partial charge in [0.15, 0.2) is 5.82 Å². The van der Waals surface area contributed by atoms with E-state index in [1.165, 1.54) is 12.1 Å². The molecule has 0 saturated heterocycles. The summed E-state index contributed by atoms with van der Waals surface area (Å²) in [4.78, 5) is 3.61. The quantitative estimate of drug-likeness (QED) is 0.607. The fraction of sp³-hybridized carbons (Fsp3) is 0.167. The third-order valence-electron chi connectivity index (χ3n) is 0.980. The molecule has 1 heterocycles. The van der Waals surface area contributed by atoms with Gasteiger partial charge in [0.05, 0.1) is 0 Å². The molecule has 0 aliphatic carbocycles. The highest BCUT2D eigenvalue weighted by Crippen LogP contribution is 2.13. The molecule has 5 heteroatoms. The van der Waals surface area contributed by atoms with Gasteiger partial charge >= 0.3 is 0 Å². The van der Waals surface area contributed by atoms with E-state index in [0.29, 0.717) is 0 Å². The Morgan fingerprint density at radius 3 is 2.82 bits per heavy atom. The summed E-state index contributed by atoms with van der Waals surface area (Å²) in [5.41, 5.74) is 0. The first-order valence-corrected chi connectivity index (χ1v) is 3.82. The number of rotatable bonds is 2. The van der Waals surface area contributed by atoms with E-state index in [1.807, 2.05) is 0 Å². The van der Waals surface area contributed by atoms with E-state index in [9.17, 15) is 8.78 Å². The van der Waals surface area contributed by atoms with Crippen LogP contribution in [0.25, 0.3) is 0 Å². The summed E-state index contributed by atoms with van der Waals surface area (Å²) < 4.78 is 28.6. The molecule has 0 fully saturated rings. The SMILES string of the molecule is FCOc1ccc(F)c(I)n1. The van der Waals surface area contributed by atoms with Gasteiger partial charge in [-0.15, -0.1) is 0 Å². The zero-order valence-corrected chi connectivity index (χ0v) is 7.51. The second-order valence-electron chi connectivity index (χ2n) is 1.68. The minimum absolute atomic E-state index is 0.0956. The maximum Gasteiger partial charge on any atom is 0.230 e. The molecular formula is C6H4F2INO. The van der Waals surface area contributed by atoms with Gasteiger partial charge in [-0.05, 0) is 28.7 Å². The Labute approximate surface area is 75.7 Å². The van der Waals surface area contributed by atoms with Crippen molar-refractivity contribution < 1.29 is 13.5 Å². The van der Waals surface area contributed by atoms with Crippen molar-refractivity contribution in [3.8, 4) is 5.88 Å². The average Bonchev–Trinajstić information content (AvgIpc) is 1.98. The van der Waals surface area contributed by atoms with Crippen molar-refractivity contribution >= 4 is 22.6 Å². The summed E-state index contributed by atoms with van der Waals surface area (Å²) in [6.45, 7) is -0.950. The molecule has 0 bridgehead atoms. The highest BCUT2D eigenvalue weighted by molar-refractivity contribution is 14.1. The number of pyridine rings is 1. The standard InChI is InChI=1S/C6H4F2INO/c7-3-11-5-2-1-4(8)6(9)10-5/h1-2H,3H2. The van der Waals surface area contributed by atoms with E-state index in [2.05, 4.69) is 9.72 Å². The summed E-state index contributed by atoms with van der Waals surface area (Å²) >= 11 is 1.70. The normalized spacial score (nSPS) is 9.73. The van der Waals surface area contributed by atoms with Gasteiger partial charge in [-0.1, -0.05) is 0 Å². The van der Waals surface area contributed by atoms with Crippen LogP contribution in [0.1, 0.15) is 0 Å². The molecule has 0 amide bonds. The van der Waals surface area contributed by atoms with E-state index < -0.39 is 12.7 Å². The van der Waals surface area contributed by atoms with Gasteiger partial charge < -0.3 is 4.74 Å². The number of hydrogen-bond donors (Lipinski definition) is 0. The van der Waals surface area contributed by atoms with Crippen LogP contribution in [0, 0.1) is 9.52 Å². The molecule has 0 atom stereocenters. The van der Waals surface area contributed by atoms with Crippen molar-refractivity contribution in [1.82, 2.24) is 4.98 Å². The van der Waals surface area contributed by atoms with Crippen LogP contribution >= 0.6 is 22.6 Å². The molecule has 0 radical (unpaired) electrons. The topological polar surface area (TPSA) is 22.1 Å². The zero-order valence-electron chi connectivity index (χ0n) is 5.35. The minimum atomic E-state index is -0.950. The lowest BCUT2D eigenvalue weighted by Gasteiger charge is -1.99. The van der Waals surface area contributed by atoms with Gasteiger partial charge in [0.1, 0.15) is 3.70 Å². The van der Waals surface area contributed by atoms with Gasteiger partial charge in [0, 0.05) is 6.07 Å². The van der Waals surface area contributed by atoms with Gasteiger partial charge in [-0.3, -0.25) is 0 Å². The first-order valence-electron chi connectivity index (χ1n) is 2.75. The minimum Gasteiger partial charge on any atom is -0.446 e. The van der Waals surface area contributed by atoms with Crippen LogP contribution in [-0.2, 0) is 0 Å². The van der Waals surface area contributed by atoms with Gasteiger partial charge in [-0.25, -0.2) is 13.8 Å². The van der Waals surface area contributed by atoms with Crippen LogP contribution < -0.4 is 4.74 Å². The predicted octanol–water partition coefficient (Wildman–Crippen LogP) is 2.13. The van der Waals surface area contributed by atoms with Crippen LogP contribution in [-0.4, -0.2) is 11.8 Å². The van der Waals surface area contributed by atoms with Crippen molar-refractivity contribution in [3.05, 3.63) is 21.7 Å². The Balaban J connectivity index is 2.86. The van der Waals surface area contributed by atoms with Crippen LogP contribution in [0.15, 0.2) is 12.1 Å². The predicted molar refractivity (Wildman–Crippen MR) is 43.5 cm³/mol. The second kappa shape index (κ2) is 3.80. The molecule has 0 N–H and O–H groups in total. The molecule has 0 saturated carbocycles. The van der Waals surface area contributed by atoms with Gasteiger partial charge in [0.25, 0.3) is 0 Å². The van der Waals surface area contributed by atoms with E-state index in [0.717, 1.165) is 0 Å². The number of hydrogen-bond acceptors (Lipinski definition) is 2. The van der Waals surface area contributed by atoms with Crippen molar-refractivity contribution in [3.63, 3.8) is 0 Å². The van der Waals surface area contributed by atoms with Crippen molar-refractivity contribution in [2.24, 2.45) is 0 Å². The summed E-state index contributed by atoms with van der Waals surface area (Å²) in [5.74, 6) is -0.338. The molecule has 0 spiro atoms. The zero-order chi connectivity index (χ0) is 8.27. The van der Waals surface area contributed by atoms with Crippen LogP contribution in [0.4, 0.5) is 8.78 Å². The van der Waals surface area contributed by atoms with Gasteiger partial charge in [0.2, 0.25) is 12.7 Å². The maximum atomic E-state index is 12.5. The van der Waals surface area contributed by atoms with Crippen LogP contribution in [0.3, 0.4) is 0 Å². The molecule has 11 heavy (non-hydrogen) atoms. The summed E-state index contributed by atoms with van der Waals surface area (Å²) in [5, 5.41) is 0. The summed E-state index contributed by atoms with van der Waals surface area (Å²) in [6.07, 6.45) is 0. The number of aromatic nitrogens is 1. The molecule has 60 valence electrons. The third kappa shape index (κ3) is 2.25. The molecular weight excluding hydrogens is 267 g/mol. The number of ether oxygens (including phenoxy) is 1. The molecule has 1 aromatic rings.